The molecule has 2 aromatic rings. The van der Waals surface area contributed by atoms with Crippen LogP contribution in [0.25, 0.3) is 5.52 Å². The molecule has 0 aliphatic heterocycles. The molecule has 0 fully saturated rings. The largest absolute Gasteiger partial charge is 0.323 e. The molecule has 0 aliphatic carbocycles. The standard InChI is InChI=1S/C12H13NO/c1-3-12(14)10-8-13-7-5-4-6-11(13)9(10)2/h4-8H,3H2,1-2H3. The number of hydrogen-bond acceptors (Lipinski definition) is 1. The van der Waals surface area contributed by atoms with Gasteiger partial charge in [0.05, 0.1) is 0 Å². The van der Waals surface area contributed by atoms with E-state index >= 15 is 0 Å². The lowest BCUT2D eigenvalue weighted by molar-refractivity contribution is 0.0988. The molecule has 14 heavy (non-hydrogen) atoms. The number of carbonyl (C=O) groups is 1. The molecule has 0 spiro atoms. The summed E-state index contributed by atoms with van der Waals surface area (Å²) >= 11 is 0. The number of hydrogen-bond donors (Lipinski definition) is 0. The Balaban J connectivity index is 2.68. The summed E-state index contributed by atoms with van der Waals surface area (Å²) in [5.41, 5.74) is 3.04. The van der Waals surface area contributed by atoms with E-state index < -0.39 is 0 Å². The van der Waals surface area contributed by atoms with Gasteiger partial charge in [0.2, 0.25) is 0 Å². The van der Waals surface area contributed by atoms with Gasteiger partial charge in [0.25, 0.3) is 0 Å². The van der Waals surface area contributed by atoms with Crippen molar-refractivity contribution in [3.8, 4) is 0 Å². The lowest BCUT2D eigenvalue weighted by atomic mass is 10.1. The molecule has 2 aromatic heterocycles. The van der Waals surface area contributed by atoms with E-state index in [2.05, 4.69) is 0 Å². The van der Waals surface area contributed by atoms with Crippen molar-refractivity contribution in [1.29, 1.82) is 0 Å². The van der Waals surface area contributed by atoms with Crippen molar-refractivity contribution in [2.45, 2.75) is 20.3 Å². The van der Waals surface area contributed by atoms with Gasteiger partial charge in [-0.05, 0) is 24.6 Å². The first kappa shape index (κ1) is 9.00. The summed E-state index contributed by atoms with van der Waals surface area (Å²) in [6, 6.07) is 5.98. The van der Waals surface area contributed by atoms with E-state index in [1.54, 1.807) is 0 Å². The second kappa shape index (κ2) is 3.29. The van der Waals surface area contributed by atoms with E-state index in [4.69, 9.17) is 0 Å². The molecule has 2 heteroatoms. The summed E-state index contributed by atoms with van der Waals surface area (Å²) in [6.07, 6.45) is 4.45. The fourth-order valence-corrected chi connectivity index (χ4v) is 1.73. The number of aryl methyl sites for hydroxylation is 1. The zero-order valence-corrected chi connectivity index (χ0v) is 8.45. The van der Waals surface area contributed by atoms with Crippen LogP contribution in [0.1, 0.15) is 29.3 Å². The van der Waals surface area contributed by atoms with Crippen LogP contribution in [0, 0.1) is 6.92 Å². The number of aromatic nitrogens is 1. The molecule has 0 aromatic carbocycles. The zero-order chi connectivity index (χ0) is 10.1. The van der Waals surface area contributed by atoms with Crippen LogP contribution in [0.5, 0.6) is 0 Å². The van der Waals surface area contributed by atoms with Crippen molar-refractivity contribution in [1.82, 2.24) is 4.40 Å². The fraction of sp³-hybridized carbons (Fsp3) is 0.250. The Labute approximate surface area is 83.2 Å². The molecule has 2 nitrogen and oxygen atoms in total. The SMILES string of the molecule is CCC(=O)c1cn2ccccc2c1C. The highest BCUT2D eigenvalue weighted by molar-refractivity contribution is 5.99. The number of carbonyl (C=O) groups excluding carboxylic acids is 1. The van der Waals surface area contributed by atoms with Gasteiger partial charge in [0, 0.05) is 29.9 Å². The molecule has 0 N–H and O–H groups in total. The Morgan fingerprint density at radius 1 is 1.43 bits per heavy atom. The molecule has 72 valence electrons. The lowest BCUT2D eigenvalue weighted by Crippen LogP contribution is -1.95. The van der Waals surface area contributed by atoms with E-state index in [9.17, 15) is 4.79 Å². The van der Waals surface area contributed by atoms with E-state index in [1.807, 2.05) is 48.8 Å². The van der Waals surface area contributed by atoms with Crippen molar-refractivity contribution in [3.05, 3.63) is 41.7 Å². The molecule has 0 radical (unpaired) electrons. The van der Waals surface area contributed by atoms with Gasteiger partial charge in [-0.3, -0.25) is 4.79 Å². The monoisotopic (exact) mass is 187 g/mol. The van der Waals surface area contributed by atoms with Crippen molar-refractivity contribution in [3.63, 3.8) is 0 Å². The Morgan fingerprint density at radius 3 is 2.86 bits per heavy atom. The average molecular weight is 187 g/mol. The van der Waals surface area contributed by atoms with Crippen LogP contribution in [0.2, 0.25) is 0 Å². The smallest absolute Gasteiger partial charge is 0.164 e. The Bertz CT molecular complexity index is 482. The number of fused-ring (bicyclic) bond motifs is 1. The number of pyridine rings is 1. The molecule has 0 atom stereocenters. The van der Waals surface area contributed by atoms with E-state index in [0.29, 0.717) is 6.42 Å². The van der Waals surface area contributed by atoms with Gasteiger partial charge in [-0.15, -0.1) is 0 Å². The van der Waals surface area contributed by atoms with E-state index in [0.717, 1.165) is 16.6 Å². The normalized spacial score (nSPS) is 10.7. The summed E-state index contributed by atoms with van der Waals surface area (Å²) < 4.78 is 2.00. The Kier molecular flexibility index (Phi) is 2.12. The van der Waals surface area contributed by atoms with Crippen LogP contribution in [0.15, 0.2) is 30.6 Å². The minimum atomic E-state index is 0.214. The van der Waals surface area contributed by atoms with Gasteiger partial charge in [-0.2, -0.15) is 0 Å². The highest BCUT2D eigenvalue weighted by atomic mass is 16.1. The van der Waals surface area contributed by atoms with E-state index in [-0.39, 0.29) is 5.78 Å². The molecule has 2 heterocycles. The van der Waals surface area contributed by atoms with Crippen molar-refractivity contribution < 1.29 is 4.79 Å². The zero-order valence-electron chi connectivity index (χ0n) is 8.45. The van der Waals surface area contributed by atoms with Crippen molar-refractivity contribution in [2.75, 3.05) is 0 Å². The highest BCUT2D eigenvalue weighted by Gasteiger charge is 2.11. The van der Waals surface area contributed by atoms with Gasteiger partial charge >= 0.3 is 0 Å². The van der Waals surface area contributed by atoms with Gasteiger partial charge < -0.3 is 4.40 Å². The fourth-order valence-electron chi connectivity index (χ4n) is 1.73. The molecule has 0 saturated heterocycles. The van der Waals surface area contributed by atoms with Crippen LogP contribution < -0.4 is 0 Å². The first-order valence-electron chi connectivity index (χ1n) is 4.83. The topological polar surface area (TPSA) is 21.5 Å². The minimum Gasteiger partial charge on any atom is -0.323 e. The van der Waals surface area contributed by atoms with Crippen LogP contribution in [0.4, 0.5) is 0 Å². The summed E-state index contributed by atoms with van der Waals surface area (Å²) in [7, 11) is 0. The molecule has 0 bridgehead atoms. The van der Waals surface area contributed by atoms with Crippen LogP contribution in [0.3, 0.4) is 0 Å². The summed E-state index contributed by atoms with van der Waals surface area (Å²) in [6.45, 7) is 3.89. The third-order valence-electron chi connectivity index (χ3n) is 2.57. The Morgan fingerprint density at radius 2 is 2.21 bits per heavy atom. The van der Waals surface area contributed by atoms with Gasteiger partial charge in [0.1, 0.15) is 0 Å². The van der Waals surface area contributed by atoms with Crippen molar-refractivity contribution in [2.24, 2.45) is 0 Å². The number of rotatable bonds is 2. The number of Topliss-reactive ketones (excluding diaryl/α,β-unsaturated/α-hetero) is 1. The maximum atomic E-state index is 11.6. The molecule has 0 unspecified atom stereocenters. The molecule has 0 saturated carbocycles. The number of ketones is 1. The van der Waals surface area contributed by atoms with Gasteiger partial charge in [-0.25, -0.2) is 0 Å². The molecule has 0 amide bonds. The average Bonchev–Trinajstić information content (AvgIpc) is 2.56. The lowest BCUT2D eigenvalue weighted by Gasteiger charge is -1.94. The minimum absolute atomic E-state index is 0.214. The van der Waals surface area contributed by atoms with Crippen LogP contribution in [-0.2, 0) is 0 Å². The Hall–Kier alpha value is -1.57. The predicted octanol–water partition coefficient (Wildman–Crippen LogP) is 2.84. The summed E-state index contributed by atoms with van der Waals surface area (Å²) in [4.78, 5) is 11.6. The maximum absolute atomic E-state index is 11.6. The van der Waals surface area contributed by atoms with Gasteiger partial charge in [-0.1, -0.05) is 13.0 Å². The number of nitrogens with zero attached hydrogens (tertiary/aromatic N) is 1. The van der Waals surface area contributed by atoms with Gasteiger partial charge in [0.15, 0.2) is 5.78 Å². The highest BCUT2D eigenvalue weighted by Crippen LogP contribution is 2.18. The molecule has 2 rings (SSSR count). The second-order valence-corrected chi connectivity index (χ2v) is 3.44. The molecule has 0 aliphatic rings. The third kappa shape index (κ3) is 1.23. The molecular formula is C12H13NO. The van der Waals surface area contributed by atoms with Crippen LogP contribution in [-0.4, -0.2) is 10.2 Å². The summed E-state index contributed by atoms with van der Waals surface area (Å²) in [5, 5.41) is 0. The first-order valence-corrected chi connectivity index (χ1v) is 4.83. The van der Waals surface area contributed by atoms with Crippen molar-refractivity contribution >= 4 is 11.3 Å². The second-order valence-electron chi connectivity index (χ2n) is 3.44. The molecular weight excluding hydrogens is 174 g/mol. The maximum Gasteiger partial charge on any atom is 0.164 e. The predicted molar refractivity (Wildman–Crippen MR) is 56.8 cm³/mol. The summed E-state index contributed by atoms with van der Waals surface area (Å²) in [5.74, 6) is 0.214. The van der Waals surface area contributed by atoms with Crippen LogP contribution >= 0.6 is 0 Å². The third-order valence-corrected chi connectivity index (χ3v) is 2.57. The first-order chi connectivity index (χ1) is 6.74. The van der Waals surface area contributed by atoms with E-state index in [1.165, 1.54) is 0 Å². The quantitative estimate of drug-likeness (QED) is 0.662.